The molecule has 0 amide bonds. The summed E-state index contributed by atoms with van der Waals surface area (Å²) in [6.45, 7) is 2.76. The third kappa shape index (κ3) is 3.18. The number of nitrogens with one attached hydrogen (secondary N) is 1. The van der Waals surface area contributed by atoms with Crippen molar-refractivity contribution in [2.75, 3.05) is 13.7 Å². The summed E-state index contributed by atoms with van der Waals surface area (Å²) >= 11 is 1.97. The summed E-state index contributed by atoms with van der Waals surface area (Å²) in [7, 11) is 1.58. The van der Waals surface area contributed by atoms with E-state index in [0.29, 0.717) is 34.1 Å². The summed E-state index contributed by atoms with van der Waals surface area (Å²) in [6.07, 6.45) is 0. The minimum absolute atomic E-state index is 0.172. The van der Waals surface area contributed by atoms with E-state index in [9.17, 15) is 4.79 Å². The fourth-order valence-electron chi connectivity index (χ4n) is 1.81. The van der Waals surface area contributed by atoms with Gasteiger partial charge in [-0.2, -0.15) is 0 Å². The van der Waals surface area contributed by atoms with Gasteiger partial charge in [0.2, 0.25) is 0 Å². The number of benzene rings is 1. The van der Waals surface area contributed by atoms with Crippen molar-refractivity contribution in [3.63, 3.8) is 0 Å². The number of hydrogen-bond acceptors (Lipinski definition) is 4. The quantitative estimate of drug-likeness (QED) is 0.803. The molecule has 0 aliphatic carbocycles. The fourth-order valence-corrected chi connectivity index (χ4v) is 2.22. The first-order chi connectivity index (χ1) is 9.67. The Morgan fingerprint density at radius 1 is 1.35 bits per heavy atom. The van der Waals surface area contributed by atoms with Gasteiger partial charge >= 0.3 is 0 Å². The molecule has 0 spiro atoms. The first-order valence-electron chi connectivity index (χ1n) is 6.17. The van der Waals surface area contributed by atoms with Crippen LogP contribution in [-0.4, -0.2) is 23.7 Å². The fraction of sp³-hybridized carbons (Fsp3) is 0.286. The monoisotopic (exact) mass is 386 g/mol. The van der Waals surface area contributed by atoms with Gasteiger partial charge in [-0.25, -0.2) is 4.98 Å². The van der Waals surface area contributed by atoms with Gasteiger partial charge in [0, 0.05) is 7.11 Å². The number of H-pyrrole nitrogens is 1. The molecule has 1 N–H and O–H groups in total. The summed E-state index contributed by atoms with van der Waals surface area (Å²) in [4.78, 5) is 19.2. The van der Waals surface area contributed by atoms with Gasteiger partial charge in [0.25, 0.3) is 5.56 Å². The Kier molecular flexibility index (Phi) is 5.13. The molecule has 0 radical (unpaired) electrons. The van der Waals surface area contributed by atoms with Crippen molar-refractivity contribution >= 4 is 22.6 Å². The number of ether oxygens (including phenoxy) is 2. The van der Waals surface area contributed by atoms with Crippen molar-refractivity contribution in [2.24, 2.45) is 0 Å². The summed E-state index contributed by atoms with van der Waals surface area (Å²) < 4.78 is 11.2. The first kappa shape index (κ1) is 15.0. The van der Waals surface area contributed by atoms with Gasteiger partial charge < -0.3 is 14.5 Å². The molecule has 6 heteroatoms. The standard InChI is InChI=1S/C14H15IN2O3/c1-3-20-11-7-5-4-6-9(11)13-16-10(8-19-2)12(15)14(18)17-13/h4-7H,3,8H2,1-2H3,(H,16,17,18). The lowest BCUT2D eigenvalue weighted by atomic mass is 10.2. The van der Waals surface area contributed by atoms with E-state index in [0.717, 1.165) is 5.56 Å². The van der Waals surface area contributed by atoms with Crippen LogP contribution in [0.15, 0.2) is 29.1 Å². The van der Waals surface area contributed by atoms with Crippen LogP contribution < -0.4 is 10.3 Å². The molecule has 2 aromatic rings. The number of halogens is 1. The molecule has 0 bridgehead atoms. The largest absolute Gasteiger partial charge is 0.493 e. The zero-order valence-corrected chi connectivity index (χ0v) is 13.4. The van der Waals surface area contributed by atoms with Crippen LogP contribution in [-0.2, 0) is 11.3 Å². The SMILES string of the molecule is CCOc1ccccc1-c1nc(COC)c(I)c(=O)[nH]1. The zero-order chi connectivity index (χ0) is 14.5. The van der Waals surface area contributed by atoms with E-state index in [4.69, 9.17) is 9.47 Å². The molecule has 0 fully saturated rings. The van der Waals surface area contributed by atoms with E-state index in [1.807, 2.05) is 53.8 Å². The van der Waals surface area contributed by atoms with Gasteiger partial charge in [0.05, 0.1) is 24.5 Å². The van der Waals surface area contributed by atoms with Crippen LogP contribution >= 0.6 is 22.6 Å². The summed E-state index contributed by atoms with van der Waals surface area (Å²) in [6, 6.07) is 7.49. The predicted molar refractivity (Wildman–Crippen MR) is 84.9 cm³/mol. The maximum atomic E-state index is 12.0. The van der Waals surface area contributed by atoms with Gasteiger partial charge in [-0.1, -0.05) is 12.1 Å². The minimum atomic E-state index is -0.172. The molecular weight excluding hydrogens is 371 g/mol. The van der Waals surface area contributed by atoms with Crippen LogP contribution in [0.3, 0.4) is 0 Å². The van der Waals surface area contributed by atoms with Crippen molar-refractivity contribution in [2.45, 2.75) is 13.5 Å². The third-order valence-electron chi connectivity index (χ3n) is 2.65. The van der Waals surface area contributed by atoms with Crippen LogP contribution in [0, 0.1) is 3.57 Å². The molecule has 0 unspecified atom stereocenters. The maximum Gasteiger partial charge on any atom is 0.264 e. The second-order valence-electron chi connectivity index (χ2n) is 4.04. The number of rotatable bonds is 5. The van der Waals surface area contributed by atoms with E-state index >= 15 is 0 Å². The maximum absolute atomic E-state index is 12.0. The van der Waals surface area contributed by atoms with Gasteiger partial charge in [0.15, 0.2) is 0 Å². The second kappa shape index (κ2) is 6.85. The Hall–Kier alpha value is -1.41. The average Bonchev–Trinajstić information content (AvgIpc) is 2.45. The number of hydrogen-bond donors (Lipinski definition) is 1. The molecule has 5 nitrogen and oxygen atoms in total. The molecule has 0 aliphatic heterocycles. The number of nitrogens with zero attached hydrogens (tertiary/aromatic N) is 1. The lowest BCUT2D eigenvalue weighted by molar-refractivity contribution is 0.180. The molecule has 1 aromatic carbocycles. The highest BCUT2D eigenvalue weighted by atomic mass is 127. The number of aromatic amines is 1. The van der Waals surface area contributed by atoms with E-state index in [1.165, 1.54) is 0 Å². The van der Waals surface area contributed by atoms with Gasteiger partial charge in [0.1, 0.15) is 15.1 Å². The summed E-state index contributed by atoms with van der Waals surface area (Å²) in [5, 5.41) is 0. The molecule has 1 aromatic heterocycles. The molecule has 0 saturated carbocycles. The van der Waals surface area contributed by atoms with E-state index in [-0.39, 0.29) is 5.56 Å². The summed E-state index contributed by atoms with van der Waals surface area (Å²) in [5.41, 5.74) is 1.22. The Morgan fingerprint density at radius 3 is 2.80 bits per heavy atom. The number of methoxy groups -OCH3 is 1. The highest BCUT2D eigenvalue weighted by molar-refractivity contribution is 14.1. The Balaban J connectivity index is 2.55. The topological polar surface area (TPSA) is 64.2 Å². The Labute approximate surface area is 130 Å². The Bertz CT molecular complexity index is 655. The number of aromatic nitrogens is 2. The molecule has 1 heterocycles. The van der Waals surface area contributed by atoms with E-state index < -0.39 is 0 Å². The van der Waals surface area contributed by atoms with Crippen molar-refractivity contribution in [1.29, 1.82) is 0 Å². The average molecular weight is 386 g/mol. The lowest BCUT2D eigenvalue weighted by Crippen LogP contribution is -2.17. The van der Waals surface area contributed by atoms with Crippen LogP contribution in [0.2, 0.25) is 0 Å². The van der Waals surface area contributed by atoms with Crippen molar-refractivity contribution in [1.82, 2.24) is 9.97 Å². The van der Waals surface area contributed by atoms with Crippen LogP contribution in [0.5, 0.6) is 5.75 Å². The molecule has 106 valence electrons. The highest BCUT2D eigenvalue weighted by Gasteiger charge is 2.13. The minimum Gasteiger partial charge on any atom is -0.493 e. The smallest absolute Gasteiger partial charge is 0.264 e. The first-order valence-corrected chi connectivity index (χ1v) is 7.25. The van der Waals surface area contributed by atoms with Gasteiger partial charge in [-0.15, -0.1) is 0 Å². The predicted octanol–water partition coefficient (Wildman–Crippen LogP) is 2.59. The molecular formula is C14H15IN2O3. The number of para-hydroxylation sites is 1. The van der Waals surface area contributed by atoms with Crippen LogP contribution in [0.1, 0.15) is 12.6 Å². The summed E-state index contributed by atoms with van der Waals surface area (Å²) in [5.74, 6) is 1.19. The Morgan fingerprint density at radius 2 is 2.10 bits per heavy atom. The van der Waals surface area contributed by atoms with E-state index in [1.54, 1.807) is 7.11 Å². The van der Waals surface area contributed by atoms with Crippen LogP contribution in [0.25, 0.3) is 11.4 Å². The molecule has 0 atom stereocenters. The zero-order valence-electron chi connectivity index (χ0n) is 11.3. The normalized spacial score (nSPS) is 10.6. The van der Waals surface area contributed by atoms with Crippen molar-refractivity contribution in [3.05, 3.63) is 43.9 Å². The molecule has 0 aliphatic rings. The molecule has 2 rings (SSSR count). The highest BCUT2D eigenvalue weighted by Crippen LogP contribution is 2.27. The van der Waals surface area contributed by atoms with Crippen molar-refractivity contribution < 1.29 is 9.47 Å². The van der Waals surface area contributed by atoms with Gasteiger partial charge in [-0.05, 0) is 41.6 Å². The molecule has 0 saturated heterocycles. The molecule has 20 heavy (non-hydrogen) atoms. The lowest BCUT2D eigenvalue weighted by Gasteiger charge is -2.10. The van der Waals surface area contributed by atoms with E-state index in [2.05, 4.69) is 9.97 Å². The van der Waals surface area contributed by atoms with Crippen molar-refractivity contribution in [3.8, 4) is 17.1 Å². The van der Waals surface area contributed by atoms with Gasteiger partial charge in [-0.3, -0.25) is 4.79 Å². The second-order valence-corrected chi connectivity index (χ2v) is 5.12. The van der Waals surface area contributed by atoms with Crippen LogP contribution in [0.4, 0.5) is 0 Å². The third-order valence-corrected chi connectivity index (χ3v) is 3.77.